The van der Waals surface area contributed by atoms with E-state index in [0.717, 1.165) is 33.6 Å². The maximum atomic E-state index is 12.3. The Morgan fingerprint density at radius 1 is 1.33 bits per heavy atom. The van der Waals surface area contributed by atoms with E-state index in [1.165, 1.54) is 0 Å². The zero-order valence-electron chi connectivity index (χ0n) is 12.8. The van der Waals surface area contributed by atoms with E-state index in [1.54, 1.807) is 6.08 Å². The molecule has 0 unspecified atom stereocenters. The van der Waals surface area contributed by atoms with Crippen LogP contribution in [0.15, 0.2) is 41.4 Å². The number of carbonyl (C=O) groups excluding carboxylic acids is 2. The number of halogens is 1. The number of hydrogen-bond acceptors (Lipinski definition) is 3. The molecule has 0 saturated carbocycles. The van der Waals surface area contributed by atoms with Crippen LogP contribution in [-0.4, -0.2) is 27.2 Å². The fraction of sp³-hybridized carbons (Fsp3) is 0.111. The van der Waals surface area contributed by atoms with Crippen molar-refractivity contribution in [2.24, 2.45) is 0 Å². The predicted octanol–water partition coefficient (Wildman–Crippen LogP) is 4.11. The molecule has 120 valence electrons. The third-order valence-electron chi connectivity index (χ3n) is 3.62. The molecule has 0 atom stereocenters. The first-order valence-electron chi connectivity index (χ1n) is 7.14. The minimum absolute atomic E-state index is 0.0173. The Morgan fingerprint density at radius 3 is 2.83 bits per heavy atom. The average Bonchev–Trinajstić information content (AvgIpc) is 3.11. The second-order valence-corrected chi connectivity index (χ2v) is 6.61. The van der Waals surface area contributed by atoms with Gasteiger partial charge >= 0.3 is 0 Å². The first-order chi connectivity index (χ1) is 11.5. The minimum atomic E-state index is -0.363. The number of hydrogen-bond donors (Lipinski definition) is 0. The average molecular weight is 357 g/mol. The van der Waals surface area contributed by atoms with Crippen molar-refractivity contribution in [1.29, 1.82) is 0 Å². The summed E-state index contributed by atoms with van der Waals surface area (Å²) < 4.78 is 1.90. The van der Waals surface area contributed by atoms with Gasteiger partial charge in [-0.1, -0.05) is 23.6 Å². The maximum absolute atomic E-state index is 12.3. The molecule has 2 amide bonds. The summed E-state index contributed by atoms with van der Waals surface area (Å²) in [5.41, 5.74) is 2.65. The van der Waals surface area contributed by atoms with Gasteiger partial charge in [-0.25, -0.2) is 0 Å². The van der Waals surface area contributed by atoms with Gasteiger partial charge in [-0.15, -0.1) is 6.42 Å². The molecule has 2 aromatic rings. The first kappa shape index (κ1) is 16.4. The van der Waals surface area contributed by atoms with Gasteiger partial charge in [0.1, 0.15) is 0 Å². The lowest BCUT2D eigenvalue weighted by Crippen LogP contribution is -2.28. The first-order valence-corrected chi connectivity index (χ1v) is 8.33. The second kappa shape index (κ2) is 6.60. The largest absolute Gasteiger partial charge is 0.317 e. The van der Waals surface area contributed by atoms with Crippen molar-refractivity contribution in [3.63, 3.8) is 0 Å². The van der Waals surface area contributed by atoms with Crippen LogP contribution >= 0.6 is 23.4 Å². The SMILES string of the molecule is C#CCN1C(=O)S/C(=C/c2cccn2-c2ccc(C)c(Cl)c2)C1=O. The van der Waals surface area contributed by atoms with E-state index >= 15 is 0 Å². The maximum Gasteiger partial charge on any atom is 0.294 e. The summed E-state index contributed by atoms with van der Waals surface area (Å²) in [5.74, 6) is 1.96. The van der Waals surface area contributed by atoms with Crippen LogP contribution in [0.25, 0.3) is 11.8 Å². The van der Waals surface area contributed by atoms with E-state index in [2.05, 4.69) is 5.92 Å². The van der Waals surface area contributed by atoms with Crippen molar-refractivity contribution >= 4 is 40.6 Å². The molecule has 1 aromatic heterocycles. The van der Waals surface area contributed by atoms with Crippen molar-refractivity contribution in [1.82, 2.24) is 9.47 Å². The Balaban J connectivity index is 1.97. The van der Waals surface area contributed by atoms with Gasteiger partial charge in [0.05, 0.1) is 11.4 Å². The molecular weight excluding hydrogens is 344 g/mol. The van der Waals surface area contributed by atoms with Crippen LogP contribution < -0.4 is 0 Å². The van der Waals surface area contributed by atoms with Crippen LogP contribution in [0.2, 0.25) is 5.02 Å². The summed E-state index contributed by atoms with van der Waals surface area (Å²) in [4.78, 5) is 25.5. The van der Waals surface area contributed by atoms with Gasteiger partial charge in [-0.2, -0.15) is 0 Å². The normalized spacial score (nSPS) is 16.0. The molecule has 3 rings (SSSR count). The minimum Gasteiger partial charge on any atom is -0.317 e. The van der Waals surface area contributed by atoms with Crippen molar-refractivity contribution in [3.8, 4) is 18.0 Å². The Hall–Kier alpha value is -2.42. The number of benzene rings is 1. The number of imide groups is 1. The van der Waals surface area contributed by atoms with Gasteiger partial charge in [-0.3, -0.25) is 14.5 Å². The smallest absolute Gasteiger partial charge is 0.294 e. The van der Waals surface area contributed by atoms with E-state index in [9.17, 15) is 9.59 Å². The van der Waals surface area contributed by atoms with Crippen molar-refractivity contribution in [2.45, 2.75) is 6.92 Å². The zero-order chi connectivity index (χ0) is 17.3. The number of terminal acetylenes is 1. The molecule has 4 nitrogen and oxygen atoms in total. The van der Waals surface area contributed by atoms with Crippen molar-refractivity contribution in [2.75, 3.05) is 6.54 Å². The molecule has 0 spiro atoms. The number of aryl methyl sites for hydroxylation is 1. The Bertz CT molecular complexity index is 908. The van der Waals surface area contributed by atoms with Gasteiger partial charge in [0, 0.05) is 22.6 Å². The Labute approximate surface area is 149 Å². The summed E-state index contributed by atoms with van der Waals surface area (Å²) in [5, 5.41) is 0.321. The molecule has 0 N–H and O–H groups in total. The van der Waals surface area contributed by atoms with Gasteiger partial charge in [0.25, 0.3) is 11.1 Å². The lowest BCUT2D eigenvalue weighted by Gasteiger charge is -2.09. The third-order valence-corrected chi connectivity index (χ3v) is 4.93. The van der Waals surface area contributed by atoms with Crippen LogP contribution in [0.4, 0.5) is 4.79 Å². The highest BCUT2D eigenvalue weighted by Gasteiger charge is 2.34. The summed E-state index contributed by atoms with van der Waals surface area (Å²) in [6.45, 7) is 1.92. The highest BCUT2D eigenvalue weighted by molar-refractivity contribution is 8.18. The predicted molar refractivity (Wildman–Crippen MR) is 97.0 cm³/mol. The molecule has 2 heterocycles. The van der Waals surface area contributed by atoms with Gasteiger partial charge in [-0.05, 0) is 54.6 Å². The highest BCUT2D eigenvalue weighted by Crippen LogP contribution is 2.32. The van der Waals surface area contributed by atoms with E-state index in [-0.39, 0.29) is 17.7 Å². The third kappa shape index (κ3) is 2.99. The Morgan fingerprint density at radius 2 is 2.12 bits per heavy atom. The van der Waals surface area contributed by atoms with Gasteiger partial charge < -0.3 is 4.57 Å². The molecule has 0 aliphatic carbocycles. The molecule has 6 heteroatoms. The van der Waals surface area contributed by atoms with E-state index < -0.39 is 0 Å². The second-order valence-electron chi connectivity index (χ2n) is 5.21. The van der Waals surface area contributed by atoms with Gasteiger partial charge in [0.15, 0.2) is 0 Å². The lowest BCUT2D eigenvalue weighted by molar-refractivity contribution is -0.122. The molecule has 1 aliphatic rings. The lowest BCUT2D eigenvalue weighted by atomic mass is 10.2. The molecule has 24 heavy (non-hydrogen) atoms. The molecule has 1 aliphatic heterocycles. The van der Waals surface area contributed by atoms with E-state index in [1.807, 2.05) is 48.0 Å². The number of carbonyl (C=O) groups is 2. The van der Waals surface area contributed by atoms with Crippen molar-refractivity contribution < 1.29 is 9.59 Å². The number of thioether (sulfide) groups is 1. The number of rotatable bonds is 3. The van der Waals surface area contributed by atoms with Crippen LogP contribution in [0.5, 0.6) is 0 Å². The monoisotopic (exact) mass is 356 g/mol. The number of aromatic nitrogens is 1. The highest BCUT2D eigenvalue weighted by atomic mass is 35.5. The summed E-state index contributed by atoms with van der Waals surface area (Å²) >= 11 is 7.09. The van der Waals surface area contributed by atoms with Crippen LogP contribution in [-0.2, 0) is 4.79 Å². The molecule has 1 saturated heterocycles. The zero-order valence-corrected chi connectivity index (χ0v) is 14.4. The number of nitrogens with zero attached hydrogens (tertiary/aromatic N) is 2. The van der Waals surface area contributed by atoms with Crippen LogP contribution in [0.1, 0.15) is 11.3 Å². The molecule has 1 aromatic carbocycles. The topological polar surface area (TPSA) is 42.3 Å². The summed E-state index contributed by atoms with van der Waals surface area (Å²) in [6.07, 6.45) is 8.76. The molecule has 0 radical (unpaired) electrons. The quantitative estimate of drug-likeness (QED) is 0.614. The van der Waals surface area contributed by atoms with E-state index in [4.69, 9.17) is 18.0 Å². The molecule has 1 fully saturated rings. The number of amides is 2. The van der Waals surface area contributed by atoms with Crippen molar-refractivity contribution in [3.05, 3.63) is 57.7 Å². The Kier molecular flexibility index (Phi) is 4.52. The molecular formula is C18H13ClN2O2S. The fourth-order valence-electron chi connectivity index (χ4n) is 2.34. The van der Waals surface area contributed by atoms with Gasteiger partial charge in [0.2, 0.25) is 0 Å². The molecule has 0 bridgehead atoms. The fourth-order valence-corrected chi connectivity index (χ4v) is 3.34. The standard InChI is InChI=1S/C18H13ClN2O2S/c1-3-8-21-17(22)16(24-18(21)23)11-13-5-4-9-20(13)14-7-6-12(2)15(19)10-14/h1,4-7,9-11H,8H2,2H3/b16-11+. The van der Waals surface area contributed by atoms with Crippen LogP contribution in [0.3, 0.4) is 0 Å². The van der Waals surface area contributed by atoms with E-state index in [0.29, 0.717) is 9.93 Å². The van der Waals surface area contributed by atoms with Crippen LogP contribution in [0, 0.1) is 19.3 Å². The summed E-state index contributed by atoms with van der Waals surface area (Å²) in [7, 11) is 0. The summed E-state index contributed by atoms with van der Waals surface area (Å²) in [6, 6.07) is 9.47.